The van der Waals surface area contributed by atoms with Crippen molar-refractivity contribution in [2.75, 3.05) is 26.2 Å². The number of carbonyl (C=O) groups excluding carboxylic acids is 2. The van der Waals surface area contributed by atoms with E-state index in [4.69, 9.17) is 21.3 Å². The maximum absolute atomic E-state index is 15.0. The molecule has 0 bridgehead atoms. The Bertz CT molecular complexity index is 1770. The topological polar surface area (TPSA) is 83.8 Å². The van der Waals surface area contributed by atoms with Crippen LogP contribution >= 0.6 is 11.6 Å². The molecule has 10 heteroatoms. The first kappa shape index (κ1) is 34.2. The van der Waals surface area contributed by atoms with Crippen LogP contribution in [-0.2, 0) is 35.5 Å². The Kier molecular flexibility index (Phi) is 10.8. The number of imidazole rings is 1. The number of carbonyl (C=O) groups is 2. The number of nitrogens with zero attached hydrogens (tertiary/aromatic N) is 6. The van der Waals surface area contributed by atoms with Crippen molar-refractivity contribution in [1.29, 1.82) is 0 Å². The monoisotopic (exact) mass is 694 g/mol. The predicted molar refractivity (Wildman–Crippen MR) is 194 cm³/mol. The lowest BCUT2D eigenvalue weighted by Gasteiger charge is -2.45. The summed E-state index contributed by atoms with van der Waals surface area (Å²) in [7, 11) is 0. The molecule has 1 aliphatic heterocycles. The molecule has 2 aromatic carbocycles. The van der Waals surface area contributed by atoms with Crippen molar-refractivity contribution in [2.45, 2.75) is 89.6 Å². The number of piperazine rings is 1. The third-order valence-electron chi connectivity index (χ3n) is 10.6. The number of amides is 2. The van der Waals surface area contributed by atoms with Gasteiger partial charge in [0, 0.05) is 62.9 Å². The van der Waals surface area contributed by atoms with Gasteiger partial charge in [0.2, 0.25) is 5.91 Å². The fraction of sp³-hybridized carbons (Fsp3) is 0.450. The molecule has 2 fully saturated rings. The number of rotatable bonds is 9. The number of pyridine rings is 1. The lowest BCUT2D eigenvalue weighted by Crippen LogP contribution is -2.62. The molecule has 50 heavy (non-hydrogen) atoms. The average molecular weight is 695 g/mol. The quantitative estimate of drug-likeness (QED) is 0.188. The second-order valence-corrected chi connectivity index (χ2v) is 14.3. The summed E-state index contributed by atoms with van der Waals surface area (Å²) >= 11 is 6.52. The molecule has 0 unspecified atom stereocenters. The molecule has 1 saturated heterocycles. The van der Waals surface area contributed by atoms with E-state index in [-0.39, 0.29) is 24.1 Å². The Hall–Kier alpha value is -4.21. The molecule has 2 amide bonds. The molecule has 3 heterocycles. The Morgan fingerprint density at radius 2 is 1.76 bits per heavy atom. The summed E-state index contributed by atoms with van der Waals surface area (Å²) in [5, 5.41) is 0.715. The minimum atomic E-state index is -0.718. The van der Waals surface area contributed by atoms with Crippen molar-refractivity contribution in [1.82, 2.24) is 29.2 Å². The largest absolute Gasteiger partial charge is 0.446 e. The van der Waals surface area contributed by atoms with Crippen LogP contribution < -0.4 is 0 Å². The van der Waals surface area contributed by atoms with Crippen LogP contribution in [0.15, 0.2) is 79.3 Å². The Morgan fingerprint density at radius 1 is 0.940 bits per heavy atom. The van der Waals surface area contributed by atoms with Gasteiger partial charge in [0.15, 0.2) is 0 Å². The molecule has 2 aliphatic carbocycles. The summed E-state index contributed by atoms with van der Waals surface area (Å²) in [5.41, 5.74) is 5.62. The van der Waals surface area contributed by atoms with E-state index < -0.39 is 6.04 Å². The third-order valence-corrected chi connectivity index (χ3v) is 10.9. The maximum Gasteiger partial charge on any atom is 0.410 e. The molecule has 0 spiro atoms. The number of aromatic nitrogens is 3. The van der Waals surface area contributed by atoms with E-state index in [0.29, 0.717) is 37.7 Å². The summed E-state index contributed by atoms with van der Waals surface area (Å²) in [6, 6.07) is 19.5. The van der Waals surface area contributed by atoms with E-state index >= 15 is 0 Å². The van der Waals surface area contributed by atoms with Gasteiger partial charge in [0.05, 0.1) is 11.7 Å². The highest BCUT2D eigenvalue weighted by Crippen LogP contribution is 2.38. The molecule has 1 saturated carbocycles. The van der Waals surface area contributed by atoms with Crippen molar-refractivity contribution in [3.8, 4) is 0 Å². The summed E-state index contributed by atoms with van der Waals surface area (Å²) in [4.78, 5) is 44.3. The highest BCUT2D eigenvalue weighted by molar-refractivity contribution is 6.30. The van der Waals surface area contributed by atoms with E-state index in [1.54, 1.807) is 11.1 Å². The SMILES string of the molecule is Cc1nccn1CCCN(Cc1ccccc1)C(=O)[C@H]1CN([C@@H]2c3ccc(Cl)cc3CCc3cccnc32)CCN1C(=O)OC1CCCCC1. The van der Waals surface area contributed by atoms with E-state index in [1.165, 1.54) is 17.5 Å². The molecule has 7 rings (SSSR count). The molecule has 2 atom stereocenters. The summed E-state index contributed by atoms with van der Waals surface area (Å²) < 4.78 is 8.25. The number of fused-ring (bicyclic) bond motifs is 2. The third kappa shape index (κ3) is 7.74. The Morgan fingerprint density at radius 3 is 2.56 bits per heavy atom. The van der Waals surface area contributed by atoms with Crippen LogP contribution in [0.2, 0.25) is 5.02 Å². The number of benzene rings is 2. The van der Waals surface area contributed by atoms with Crippen LogP contribution in [0.4, 0.5) is 4.79 Å². The number of hydrogen-bond donors (Lipinski definition) is 0. The van der Waals surface area contributed by atoms with Crippen LogP contribution in [0.3, 0.4) is 0 Å². The highest BCUT2D eigenvalue weighted by atomic mass is 35.5. The van der Waals surface area contributed by atoms with Crippen LogP contribution in [0, 0.1) is 6.92 Å². The highest BCUT2D eigenvalue weighted by Gasteiger charge is 2.42. The number of ether oxygens (including phenoxy) is 1. The molecule has 4 aromatic rings. The standard InChI is InChI=1S/C40H47ClN6O3/c1-29-42-20-23-44(29)21-9-22-46(27-30-10-4-2-5-11-30)39(48)36-28-45(24-25-47(36)40(49)50-34-13-6-3-7-14-34)38-35-18-17-33(41)26-32(35)16-15-31-12-8-19-43-37(31)38/h2,4-5,8,10-12,17-20,23,26,34,36,38H,3,6-7,9,13-16,21-22,24-25,27-28H2,1H3/t36-,38-/m1/s1. The minimum Gasteiger partial charge on any atom is -0.446 e. The predicted octanol–water partition coefficient (Wildman–Crippen LogP) is 7.00. The van der Waals surface area contributed by atoms with E-state index in [0.717, 1.165) is 74.1 Å². The van der Waals surface area contributed by atoms with Crippen molar-refractivity contribution in [3.05, 3.63) is 118 Å². The second-order valence-electron chi connectivity index (χ2n) is 13.9. The van der Waals surface area contributed by atoms with E-state index in [2.05, 4.69) is 44.8 Å². The molecular formula is C40H47ClN6O3. The summed E-state index contributed by atoms with van der Waals surface area (Å²) in [5.74, 6) is 0.886. The van der Waals surface area contributed by atoms with Gasteiger partial charge in [-0.3, -0.25) is 19.6 Å². The molecule has 0 radical (unpaired) electrons. The van der Waals surface area contributed by atoms with Crippen molar-refractivity contribution in [3.63, 3.8) is 0 Å². The second kappa shape index (κ2) is 15.8. The fourth-order valence-corrected chi connectivity index (χ4v) is 8.16. The summed E-state index contributed by atoms with van der Waals surface area (Å²) in [6.07, 6.45) is 12.7. The van der Waals surface area contributed by atoms with Gasteiger partial charge in [0.1, 0.15) is 18.0 Å². The van der Waals surface area contributed by atoms with Gasteiger partial charge in [0.25, 0.3) is 0 Å². The normalized spacial score (nSPS) is 19.7. The van der Waals surface area contributed by atoms with Gasteiger partial charge in [-0.1, -0.05) is 60.5 Å². The fourth-order valence-electron chi connectivity index (χ4n) is 7.97. The minimum absolute atomic E-state index is 0.0623. The Labute approximate surface area is 300 Å². The van der Waals surface area contributed by atoms with E-state index in [1.807, 2.05) is 54.5 Å². The zero-order chi connectivity index (χ0) is 34.5. The lowest BCUT2D eigenvalue weighted by atomic mass is 9.95. The molecule has 9 nitrogen and oxygen atoms in total. The van der Waals surface area contributed by atoms with Crippen molar-refractivity contribution >= 4 is 23.6 Å². The van der Waals surface area contributed by atoms with Crippen LogP contribution in [0.1, 0.15) is 78.3 Å². The van der Waals surface area contributed by atoms with Gasteiger partial charge < -0.3 is 14.2 Å². The Balaban J connectivity index is 1.21. The summed E-state index contributed by atoms with van der Waals surface area (Å²) in [6.45, 7) is 5.09. The van der Waals surface area contributed by atoms with Crippen molar-refractivity contribution in [2.24, 2.45) is 0 Å². The first-order valence-electron chi connectivity index (χ1n) is 18.2. The molecule has 3 aliphatic rings. The maximum atomic E-state index is 15.0. The molecule has 262 valence electrons. The number of aryl methyl sites for hydroxylation is 4. The van der Waals surface area contributed by atoms with Crippen LogP contribution in [0.5, 0.6) is 0 Å². The van der Waals surface area contributed by atoms with Crippen LogP contribution in [0.25, 0.3) is 0 Å². The molecular weight excluding hydrogens is 648 g/mol. The smallest absolute Gasteiger partial charge is 0.410 e. The number of hydrogen-bond acceptors (Lipinski definition) is 6. The first-order chi connectivity index (χ1) is 24.4. The zero-order valence-electron chi connectivity index (χ0n) is 28.9. The lowest BCUT2D eigenvalue weighted by molar-refractivity contribution is -0.140. The van der Waals surface area contributed by atoms with Gasteiger partial charge in [-0.15, -0.1) is 0 Å². The first-order valence-corrected chi connectivity index (χ1v) is 18.6. The van der Waals surface area contributed by atoms with Gasteiger partial charge >= 0.3 is 6.09 Å². The molecule has 0 N–H and O–H groups in total. The van der Waals surface area contributed by atoms with Gasteiger partial charge in [-0.2, -0.15) is 0 Å². The number of halogens is 1. The van der Waals surface area contributed by atoms with Crippen LogP contribution in [-0.4, -0.2) is 79.6 Å². The molecule has 2 aromatic heterocycles. The zero-order valence-corrected chi connectivity index (χ0v) is 29.7. The van der Waals surface area contributed by atoms with Gasteiger partial charge in [-0.25, -0.2) is 9.78 Å². The average Bonchev–Trinajstić information content (AvgIpc) is 3.48. The van der Waals surface area contributed by atoms with Gasteiger partial charge in [-0.05, 0) is 92.3 Å². The van der Waals surface area contributed by atoms with Crippen molar-refractivity contribution < 1.29 is 14.3 Å². The van der Waals surface area contributed by atoms with E-state index in [9.17, 15) is 9.59 Å².